The lowest BCUT2D eigenvalue weighted by Gasteiger charge is -2.36. The normalized spacial score (nSPS) is 11.7. The van der Waals surface area contributed by atoms with Crippen molar-refractivity contribution in [3.05, 3.63) is 172 Å². The van der Waals surface area contributed by atoms with Crippen molar-refractivity contribution in [2.75, 3.05) is 0 Å². The summed E-state index contributed by atoms with van der Waals surface area (Å²) in [7, 11) is 0. The van der Waals surface area contributed by atoms with Crippen molar-refractivity contribution in [3.63, 3.8) is 0 Å². The fraction of sp³-hybridized carbons (Fsp3) is 0.0286. The molecule has 0 N–H and O–H groups in total. The summed E-state index contributed by atoms with van der Waals surface area (Å²) in [6.45, 7) is 0. The van der Waals surface area contributed by atoms with E-state index in [0.717, 1.165) is 20.4 Å². The average Bonchev–Trinajstić information content (AvgIpc) is 3.64. The van der Waals surface area contributed by atoms with Gasteiger partial charge >= 0.3 is 0 Å². The second-order valence-electron chi connectivity index (χ2n) is 10.0. The minimum absolute atomic E-state index is 0.256. The lowest BCUT2D eigenvalue weighted by molar-refractivity contribution is 0.461. The number of halogens is 3. The predicted octanol–water partition coefficient (Wildman–Crippen LogP) is 8.59. The van der Waals surface area contributed by atoms with E-state index < -0.39 is 11.4 Å². The van der Waals surface area contributed by atoms with Crippen LogP contribution in [-0.2, 0) is 5.54 Å². The Morgan fingerprint density at radius 3 is 1.74 bits per heavy atom. The number of pyridine rings is 1. The Kier molecular flexibility index (Phi) is 6.66. The molecule has 204 valence electrons. The first-order chi connectivity index (χ1) is 20.6. The van der Waals surface area contributed by atoms with Gasteiger partial charge in [0.1, 0.15) is 20.8 Å². The molecule has 0 fully saturated rings. The number of fused-ring (bicyclic) bond motifs is 1. The molecule has 7 rings (SSSR count). The Morgan fingerprint density at radius 2 is 1.19 bits per heavy atom. The molecule has 0 amide bonds. The van der Waals surface area contributed by atoms with Gasteiger partial charge in [-0.2, -0.15) is 5.10 Å². The third-order valence-corrected chi connectivity index (χ3v) is 8.38. The fourth-order valence-electron chi connectivity index (χ4n) is 5.68. The van der Waals surface area contributed by atoms with Crippen LogP contribution in [-0.4, -0.2) is 19.2 Å². The molecule has 0 saturated heterocycles. The number of hydrogen-bond donors (Lipinski definition) is 0. The minimum atomic E-state index is -0.872. The van der Waals surface area contributed by atoms with Crippen LogP contribution in [0.3, 0.4) is 0 Å². The molecule has 0 aliphatic carbocycles. The molecule has 0 atom stereocenters. The standard InChI is InChI=1S/C35H23F2IN4/c36-29-18-16-24(17-19-29)33-30(25-20-31(37)34-39-21-32(38)41(34)22-25)23-42(40-33)35(26-10-4-1-5-11-26,27-12-6-2-7-13-27)28-14-8-3-9-15-28/h1-23H. The van der Waals surface area contributed by atoms with Gasteiger partial charge in [-0.1, -0.05) is 91.0 Å². The topological polar surface area (TPSA) is 35.1 Å². The Balaban J connectivity index is 1.59. The number of rotatable bonds is 6. The summed E-state index contributed by atoms with van der Waals surface area (Å²) < 4.78 is 33.9. The van der Waals surface area contributed by atoms with E-state index in [1.807, 2.05) is 71.7 Å². The van der Waals surface area contributed by atoms with Gasteiger partial charge in [-0.05, 0) is 69.6 Å². The Bertz CT molecular complexity index is 1910. The van der Waals surface area contributed by atoms with Gasteiger partial charge in [0.25, 0.3) is 0 Å². The van der Waals surface area contributed by atoms with Crippen LogP contribution >= 0.6 is 22.6 Å². The summed E-state index contributed by atoms with van der Waals surface area (Å²) in [5.41, 5.74) is 5.07. The first kappa shape index (κ1) is 26.3. The SMILES string of the molecule is Fc1ccc(-c2nn(C(c3ccccc3)(c3ccccc3)c3ccccc3)cc2-c2cc(F)c3ncc(I)n3c2)cc1. The van der Waals surface area contributed by atoms with Crippen LogP contribution in [0.5, 0.6) is 0 Å². The first-order valence-corrected chi connectivity index (χ1v) is 14.5. The van der Waals surface area contributed by atoms with E-state index in [1.54, 1.807) is 22.7 Å². The molecule has 0 bridgehead atoms. The summed E-state index contributed by atoms with van der Waals surface area (Å²) in [6.07, 6.45) is 5.48. The van der Waals surface area contributed by atoms with Crippen LogP contribution < -0.4 is 0 Å². The van der Waals surface area contributed by atoms with E-state index in [1.165, 1.54) is 18.2 Å². The van der Waals surface area contributed by atoms with E-state index in [0.29, 0.717) is 22.4 Å². The van der Waals surface area contributed by atoms with Gasteiger partial charge in [0.05, 0.1) is 6.20 Å². The highest BCUT2D eigenvalue weighted by atomic mass is 127. The summed E-state index contributed by atoms with van der Waals surface area (Å²) in [5.74, 6) is -0.777. The van der Waals surface area contributed by atoms with Crippen molar-refractivity contribution in [1.82, 2.24) is 19.2 Å². The molecule has 0 spiro atoms. The van der Waals surface area contributed by atoms with Gasteiger partial charge in [0, 0.05) is 29.1 Å². The quantitative estimate of drug-likeness (QED) is 0.132. The highest BCUT2D eigenvalue weighted by Gasteiger charge is 2.40. The van der Waals surface area contributed by atoms with Crippen LogP contribution in [0, 0.1) is 15.3 Å². The lowest BCUT2D eigenvalue weighted by Crippen LogP contribution is -2.38. The number of hydrogen-bond acceptors (Lipinski definition) is 2. The maximum absolute atomic E-state index is 15.4. The van der Waals surface area contributed by atoms with Crippen molar-refractivity contribution in [2.45, 2.75) is 5.54 Å². The second-order valence-corrected chi connectivity index (χ2v) is 11.1. The Labute approximate surface area is 255 Å². The van der Waals surface area contributed by atoms with Crippen molar-refractivity contribution in [2.24, 2.45) is 0 Å². The van der Waals surface area contributed by atoms with Crippen molar-refractivity contribution in [1.29, 1.82) is 0 Å². The number of imidazole rings is 1. The van der Waals surface area contributed by atoms with Gasteiger partial charge in [0.2, 0.25) is 0 Å². The van der Waals surface area contributed by atoms with E-state index in [9.17, 15) is 4.39 Å². The molecule has 7 aromatic rings. The summed E-state index contributed by atoms with van der Waals surface area (Å²) in [4.78, 5) is 4.22. The molecular weight excluding hydrogens is 641 g/mol. The highest BCUT2D eigenvalue weighted by Crippen LogP contribution is 2.43. The maximum atomic E-state index is 15.4. The van der Waals surface area contributed by atoms with E-state index in [4.69, 9.17) is 5.10 Å². The smallest absolute Gasteiger partial charge is 0.174 e. The second kappa shape index (κ2) is 10.6. The zero-order valence-corrected chi connectivity index (χ0v) is 24.4. The fourth-order valence-corrected chi connectivity index (χ4v) is 6.18. The largest absolute Gasteiger partial charge is 0.292 e. The third-order valence-electron chi connectivity index (χ3n) is 7.58. The molecule has 0 radical (unpaired) electrons. The maximum Gasteiger partial charge on any atom is 0.174 e. The van der Waals surface area contributed by atoms with E-state index in [2.05, 4.69) is 64.0 Å². The van der Waals surface area contributed by atoms with Crippen molar-refractivity contribution >= 4 is 28.2 Å². The molecule has 0 aliphatic rings. The van der Waals surface area contributed by atoms with Gasteiger partial charge in [-0.25, -0.2) is 13.8 Å². The predicted molar refractivity (Wildman–Crippen MR) is 169 cm³/mol. The Hall–Kier alpha value is -4.63. The minimum Gasteiger partial charge on any atom is -0.292 e. The zero-order chi connectivity index (χ0) is 28.7. The molecule has 4 aromatic carbocycles. The van der Waals surface area contributed by atoms with Crippen LogP contribution in [0.1, 0.15) is 16.7 Å². The molecule has 4 nitrogen and oxygen atoms in total. The molecule has 7 heteroatoms. The van der Waals surface area contributed by atoms with Crippen LogP contribution in [0.2, 0.25) is 0 Å². The zero-order valence-electron chi connectivity index (χ0n) is 22.2. The monoisotopic (exact) mass is 664 g/mol. The summed E-state index contributed by atoms with van der Waals surface area (Å²) in [6, 6.07) is 38.4. The number of nitrogens with zero attached hydrogens (tertiary/aromatic N) is 4. The lowest BCUT2D eigenvalue weighted by atomic mass is 9.77. The third kappa shape index (κ3) is 4.32. The van der Waals surface area contributed by atoms with Gasteiger partial charge in [-0.15, -0.1) is 0 Å². The highest BCUT2D eigenvalue weighted by molar-refractivity contribution is 14.1. The summed E-state index contributed by atoms with van der Waals surface area (Å²) >= 11 is 2.14. The van der Waals surface area contributed by atoms with Crippen LogP contribution in [0.4, 0.5) is 8.78 Å². The van der Waals surface area contributed by atoms with Crippen LogP contribution in [0.25, 0.3) is 28.0 Å². The van der Waals surface area contributed by atoms with Crippen molar-refractivity contribution in [3.8, 4) is 22.4 Å². The molecule has 42 heavy (non-hydrogen) atoms. The average molecular weight is 664 g/mol. The molecule has 3 aromatic heterocycles. The van der Waals surface area contributed by atoms with Gasteiger partial charge < -0.3 is 0 Å². The number of aromatic nitrogens is 4. The van der Waals surface area contributed by atoms with Gasteiger partial charge in [-0.3, -0.25) is 9.08 Å². The van der Waals surface area contributed by atoms with E-state index >= 15 is 4.39 Å². The molecule has 0 unspecified atom stereocenters. The summed E-state index contributed by atoms with van der Waals surface area (Å²) in [5, 5.41) is 5.25. The molecule has 3 heterocycles. The Morgan fingerprint density at radius 1 is 0.643 bits per heavy atom. The van der Waals surface area contributed by atoms with Gasteiger partial charge in [0.15, 0.2) is 11.5 Å². The number of benzene rings is 4. The first-order valence-electron chi connectivity index (χ1n) is 13.4. The van der Waals surface area contributed by atoms with Crippen molar-refractivity contribution < 1.29 is 8.78 Å². The molecular formula is C35H23F2IN4. The molecule has 0 aliphatic heterocycles. The molecule has 0 saturated carbocycles. The van der Waals surface area contributed by atoms with Crippen LogP contribution in [0.15, 0.2) is 140 Å². The van der Waals surface area contributed by atoms with E-state index in [-0.39, 0.29) is 11.5 Å².